The monoisotopic (exact) mass is 341 g/mol. The van der Waals surface area contributed by atoms with Crippen molar-refractivity contribution in [3.05, 3.63) is 48.4 Å². The number of esters is 1. The van der Waals surface area contributed by atoms with Crippen molar-refractivity contribution in [2.45, 2.75) is 32.1 Å². The Labute approximate surface area is 147 Å². The van der Waals surface area contributed by atoms with Gasteiger partial charge in [-0.1, -0.05) is 49.6 Å². The number of benzene rings is 1. The molecule has 132 valence electrons. The van der Waals surface area contributed by atoms with Crippen LogP contribution in [0, 0.1) is 5.92 Å². The van der Waals surface area contributed by atoms with E-state index in [0.717, 1.165) is 18.4 Å². The maximum Gasteiger partial charge on any atom is 0.375 e. The zero-order valence-electron chi connectivity index (χ0n) is 14.2. The fraction of sp³-hybridized carbons (Fsp3) is 0.400. The summed E-state index contributed by atoms with van der Waals surface area (Å²) < 4.78 is 10.4. The third-order valence-corrected chi connectivity index (χ3v) is 4.58. The van der Waals surface area contributed by atoms with E-state index in [1.165, 1.54) is 25.5 Å². The predicted molar refractivity (Wildman–Crippen MR) is 94.0 cm³/mol. The zero-order valence-corrected chi connectivity index (χ0v) is 14.2. The average Bonchev–Trinajstić information content (AvgIpc) is 3.16. The van der Waals surface area contributed by atoms with Crippen LogP contribution in [0.3, 0.4) is 0 Å². The smallest absolute Gasteiger partial charge is 0.375 e. The summed E-state index contributed by atoms with van der Waals surface area (Å²) in [6.45, 7) is 0.368. The highest BCUT2D eigenvalue weighted by Gasteiger charge is 2.20. The topological polar surface area (TPSA) is 68.5 Å². The van der Waals surface area contributed by atoms with E-state index in [4.69, 9.17) is 9.15 Å². The molecule has 1 aliphatic rings. The molecule has 0 bridgehead atoms. The Bertz CT molecular complexity index is 701. The van der Waals surface area contributed by atoms with Gasteiger partial charge in [-0.15, -0.1) is 0 Å². The van der Waals surface area contributed by atoms with Gasteiger partial charge in [0, 0.05) is 12.1 Å². The minimum Gasteiger partial charge on any atom is -0.457 e. The second-order valence-corrected chi connectivity index (χ2v) is 6.41. The third kappa shape index (κ3) is 4.72. The van der Waals surface area contributed by atoms with Gasteiger partial charge < -0.3 is 14.5 Å². The van der Waals surface area contributed by atoms with Gasteiger partial charge in [-0.3, -0.25) is 4.79 Å². The molecule has 0 atom stereocenters. The molecule has 1 aliphatic carbocycles. The fourth-order valence-corrected chi connectivity index (χ4v) is 3.21. The molecule has 25 heavy (non-hydrogen) atoms. The first-order valence-corrected chi connectivity index (χ1v) is 8.81. The zero-order chi connectivity index (χ0) is 17.5. The van der Waals surface area contributed by atoms with Crippen LogP contribution in [-0.2, 0) is 9.53 Å². The number of amides is 1. The van der Waals surface area contributed by atoms with Crippen LogP contribution in [-0.4, -0.2) is 25.0 Å². The SMILES string of the molecule is O=C(COC(=O)c1occc1-c1ccccc1)NCC1CCCCC1. The molecule has 2 aromatic rings. The largest absolute Gasteiger partial charge is 0.457 e. The number of hydrogen-bond donors (Lipinski definition) is 1. The highest BCUT2D eigenvalue weighted by Crippen LogP contribution is 2.25. The lowest BCUT2D eigenvalue weighted by molar-refractivity contribution is -0.124. The van der Waals surface area contributed by atoms with Crippen LogP contribution < -0.4 is 5.32 Å². The van der Waals surface area contributed by atoms with Crippen LogP contribution in [0.2, 0.25) is 0 Å². The van der Waals surface area contributed by atoms with E-state index in [-0.39, 0.29) is 18.3 Å². The highest BCUT2D eigenvalue weighted by molar-refractivity contribution is 5.95. The summed E-state index contributed by atoms with van der Waals surface area (Å²) in [5.41, 5.74) is 1.53. The van der Waals surface area contributed by atoms with Crippen molar-refractivity contribution >= 4 is 11.9 Å². The molecule has 5 heteroatoms. The van der Waals surface area contributed by atoms with Crippen LogP contribution in [0.4, 0.5) is 0 Å². The highest BCUT2D eigenvalue weighted by atomic mass is 16.5. The molecule has 1 aromatic carbocycles. The molecule has 0 radical (unpaired) electrons. The summed E-state index contributed by atoms with van der Waals surface area (Å²) in [7, 11) is 0. The summed E-state index contributed by atoms with van der Waals surface area (Å²) in [4.78, 5) is 24.1. The number of hydrogen-bond acceptors (Lipinski definition) is 4. The Kier molecular flexibility index (Phi) is 5.88. The Morgan fingerprint density at radius 3 is 2.60 bits per heavy atom. The van der Waals surface area contributed by atoms with Crippen molar-refractivity contribution in [1.29, 1.82) is 0 Å². The molecule has 1 saturated carbocycles. The Morgan fingerprint density at radius 2 is 1.84 bits per heavy atom. The molecular weight excluding hydrogens is 318 g/mol. The number of rotatable bonds is 6. The van der Waals surface area contributed by atoms with Crippen molar-refractivity contribution in [1.82, 2.24) is 5.32 Å². The van der Waals surface area contributed by atoms with Gasteiger partial charge >= 0.3 is 5.97 Å². The molecule has 1 aromatic heterocycles. The maximum atomic E-state index is 12.2. The van der Waals surface area contributed by atoms with Gasteiger partial charge in [0.1, 0.15) is 0 Å². The van der Waals surface area contributed by atoms with Crippen LogP contribution in [0.1, 0.15) is 42.7 Å². The van der Waals surface area contributed by atoms with E-state index in [9.17, 15) is 9.59 Å². The van der Waals surface area contributed by atoms with E-state index in [1.807, 2.05) is 30.3 Å². The standard InChI is InChI=1S/C20H23NO4/c22-18(21-13-15-7-3-1-4-8-15)14-25-20(23)19-17(11-12-24-19)16-9-5-2-6-10-16/h2,5-6,9-12,15H,1,3-4,7-8,13-14H2,(H,21,22). The van der Waals surface area contributed by atoms with Crippen LogP contribution in [0.5, 0.6) is 0 Å². The average molecular weight is 341 g/mol. The van der Waals surface area contributed by atoms with E-state index < -0.39 is 5.97 Å². The molecular formula is C20H23NO4. The quantitative estimate of drug-likeness (QED) is 0.812. The van der Waals surface area contributed by atoms with Crippen LogP contribution >= 0.6 is 0 Å². The van der Waals surface area contributed by atoms with Gasteiger partial charge in [-0.05, 0) is 30.4 Å². The summed E-state index contributed by atoms with van der Waals surface area (Å²) in [5, 5.41) is 2.85. The van der Waals surface area contributed by atoms with Gasteiger partial charge in [0.15, 0.2) is 6.61 Å². The summed E-state index contributed by atoms with van der Waals surface area (Å²) in [5.74, 6) is -0.238. The molecule has 1 fully saturated rings. The molecule has 0 unspecified atom stereocenters. The van der Waals surface area contributed by atoms with Crippen LogP contribution in [0.25, 0.3) is 11.1 Å². The van der Waals surface area contributed by atoms with Gasteiger partial charge in [0.2, 0.25) is 5.76 Å². The Hall–Kier alpha value is -2.56. The molecule has 5 nitrogen and oxygen atoms in total. The summed E-state index contributed by atoms with van der Waals surface area (Å²) >= 11 is 0. The molecule has 1 heterocycles. The number of ether oxygens (including phenoxy) is 1. The van der Waals surface area contributed by atoms with Gasteiger partial charge in [0.05, 0.1) is 6.26 Å². The molecule has 1 amide bonds. The molecule has 3 rings (SSSR count). The maximum absolute atomic E-state index is 12.2. The summed E-state index contributed by atoms with van der Waals surface area (Å²) in [6.07, 6.45) is 7.52. The van der Waals surface area contributed by atoms with Crippen molar-refractivity contribution < 1.29 is 18.7 Å². The second kappa shape index (κ2) is 8.51. The van der Waals surface area contributed by atoms with E-state index in [2.05, 4.69) is 5.32 Å². The minimum absolute atomic E-state index is 0.117. The van der Waals surface area contributed by atoms with E-state index >= 15 is 0 Å². The molecule has 0 aliphatic heterocycles. The lowest BCUT2D eigenvalue weighted by atomic mass is 9.89. The first-order chi connectivity index (χ1) is 12.2. The van der Waals surface area contributed by atoms with Crippen LogP contribution in [0.15, 0.2) is 47.1 Å². The first kappa shape index (κ1) is 17.3. The molecule has 0 spiro atoms. The van der Waals surface area contributed by atoms with E-state index in [1.54, 1.807) is 6.07 Å². The van der Waals surface area contributed by atoms with Crippen molar-refractivity contribution in [3.8, 4) is 11.1 Å². The lowest BCUT2D eigenvalue weighted by Crippen LogP contribution is -2.33. The Balaban J connectivity index is 1.49. The molecule has 0 saturated heterocycles. The number of carbonyl (C=O) groups excluding carboxylic acids is 2. The van der Waals surface area contributed by atoms with Crippen molar-refractivity contribution in [3.63, 3.8) is 0 Å². The predicted octanol–water partition coefficient (Wildman–Crippen LogP) is 3.80. The number of nitrogens with one attached hydrogen (secondary N) is 1. The second-order valence-electron chi connectivity index (χ2n) is 6.41. The minimum atomic E-state index is -0.628. The third-order valence-electron chi connectivity index (χ3n) is 4.58. The number of furan rings is 1. The number of carbonyl (C=O) groups is 2. The first-order valence-electron chi connectivity index (χ1n) is 8.81. The molecule has 1 N–H and O–H groups in total. The van der Waals surface area contributed by atoms with Gasteiger partial charge in [0.25, 0.3) is 5.91 Å². The van der Waals surface area contributed by atoms with Gasteiger partial charge in [-0.25, -0.2) is 4.79 Å². The van der Waals surface area contributed by atoms with Crippen molar-refractivity contribution in [2.24, 2.45) is 5.92 Å². The normalized spacial score (nSPS) is 14.9. The lowest BCUT2D eigenvalue weighted by Gasteiger charge is -2.21. The van der Waals surface area contributed by atoms with Gasteiger partial charge in [-0.2, -0.15) is 0 Å². The van der Waals surface area contributed by atoms with Crippen molar-refractivity contribution in [2.75, 3.05) is 13.2 Å². The van der Waals surface area contributed by atoms with E-state index in [0.29, 0.717) is 18.0 Å². The Morgan fingerprint density at radius 1 is 1.08 bits per heavy atom. The summed E-state index contributed by atoms with van der Waals surface area (Å²) in [6, 6.07) is 11.2. The fourth-order valence-electron chi connectivity index (χ4n) is 3.21.